The average Bonchev–Trinajstić information content (AvgIpc) is 3.30. The first-order chi connectivity index (χ1) is 20.4. The summed E-state index contributed by atoms with van der Waals surface area (Å²) in [5, 5.41) is 0. The smallest absolute Gasteiger partial charge is 0.277 e. The molecule has 11 heteroatoms. The maximum atomic E-state index is 13.5. The summed E-state index contributed by atoms with van der Waals surface area (Å²) in [4.78, 5) is 44.4. The molecule has 10 nitrogen and oxygen atoms in total. The molecule has 4 aromatic rings. The molecule has 0 unspecified atom stereocenters. The molecule has 0 bridgehead atoms. The average molecular weight is 606 g/mol. The highest BCUT2D eigenvalue weighted by molar-refractivity contribution is 7.90. The van der Waals surface area contributed by atoms with Crippen LogP contribution >= 0.6 is 0 Å². The van der Waals surface area contributed by atoms with Crippen LogP contribution in [-0.4, -0.2) is 53.3 Å². The minimum atomic E-state index is -4.07. The monoisotopic (exact) mass is 605 g/mol. The van der Waals surface area contributed by atoms with Gasteiger partial charge in [-0.2, -0.15) is 0 Å². The van der Waals surface area contributed by atoms with E-state index in [1.165, 1.54) is 15.5 Å². The van der Waals surface area contributed by atoms with Gasteiger partial charge in [-0.05, 0) is 35.6 Å². The lowest BCUT2D eigenvalue weighted by molar-refractivity contribution is -0.129. The number of unbranched alkanes of at least 4 members (excludes halogenated alkanes) is 1. The lowest BCUT2D eigenvalue weighted by Crippen LogP contribution is -2.31. The fourth-order valence-electron chi connectivity index (χ4n) is 4.86. The van der Waals surface area contributed by atoms with Crippen LogP contribution in [0.2, 0.25) is 0 Å². The molecule has 0 aliphatic carbocycles. The molecule has 1 N–H and O–H groups in total. The zero-order valence-corrected chi connectivity index (χ0v) is 26.1. The first-order valence-corrected chi connectivity index (χ1v) is 15.9. The fourth-order valence-corrected chi connectivity index (χ4v) is 6.09. The third-order valence-electron chi connectivity index (χ3n) is 7.13. The van der Waals surface area contributed by atoms with E-state index < -0.39 is 15.9 Å². The largest absolute Gasteiger partial charge is 0.347 e. The molecule has 0 saturated heterocycles. The summed E-state index contributed by atoms with van der Waals surface area (Å²) in [7, 11) is -0.769. The van der Waals surface area contributed by atoms with E-state index in [0.717, 1.165) is 24.2 Å². The Hall–Kier alpha value is -4.25. The highest BCUT2D eigenvalue weighted by Gasteiger charge is 2.22. The quantitative estimate of drug-likeness (QED) is 0.258. The Morgan fingerprint density at radius 3 is 2.37 bits per heavy atom. The van der Waals surface area contributed by atoms with Gasteiger partial charge in [-0.3, -0.25) is 14.4 Å². The number of nitrogens with one attached hydrogen (secondary N) is 1. The Morgan fingerprint density at radius 1 is 1.02 bits per heavy atom. The van der Waals surface area contributed by atoms with Crippen LogP contribution in [0.3, 0.4) is 0 Å². The normalized spacial score (nSPS) is 11.7. The van der Waals surface area contributed by atoms with Gasteiger partial charge in [0.2, 0.25) is 11.8 Å². The van der Waals surface area contributed by atoms with Gasteiger partial charge < -0.3 is 14.0 Å². The van der Waals surface area contributed by atoms with Gasteiger partial charge in [0.15, 0.2) is 0 Å². The minimum Gasteiger partial charge on any atom is -0.347 e. The van der Waals surface area contributed by atoms with Gasteiger partial charge in [0, 0.05) is 45.2 Å². The van der Waals surface area contributed by atoms with Crippen LogP contribution in [0, 0.1) is 5.92 Å². The lowest BCUT2D eigenvalue weighted by Gasteiger charge is -2.14. The summed E-state index contributed by atoms with van der Waals surface area (Å²) in [6.07, 6.45) is 4.30. The molecule has 0 atom stereocenters. The number of fused-ring (bicyclic) bond motifs is 1. The van der Waals surface area contributed by atoms with Crippen molar-refractivity contribution in [1.29, 1.82) is 0 Å². The van der Waals surface area contributed by atoms with E-state index in [1.807, 2.05) is 42.7 Å². The van der Waals surface area contributed by atoms with Crippen molar-refractivity contribution in [1.82, 2.24) is 23.7 Å². The Bertz CT molecular complexity index is 1790. The maximum Gasteiger partial charge on any atom is 0.277 e. The molecule has 0 aliphatic rings. The van der Waals surface area contributed by atoms with Crippen molar-refractivity contribution >= 4 is 32.9 Å². The van der Waals surface area contributed by atoms with Crippen LogP contribution in [0.15, 0.2) is 70.5 Å². The molecule has 4 rings (SSSR count). The number of carbonyl (C=O) groups is 2. The standard InChI is InChI=1S/C32H39N5O5S/c1-6-7-12-28-33-26-17-18-36(21-30(39)35(4)5)32(40)31(26)37(28)20-23-13-15-24(16-14-23)25-10-8-9-11-27(25)43(41,42)34-29(38)19-22(2)3/h8-11,13-18,22H,6-7,12,19-21H2,1-5H3,(H,34,38). The van der Waals surface area contributed by atoms with Gasteiger partial charge >= 0.3 is 0 Å². The first-order valence-electron chi connectivity index (χ1n) is 14.4. The van der Waals surface area contributed by atoms with Crippen LogP contribution in [0.1, 0.15) is 51.4 Å². The van der Waals surface area contributed by atoms with Crippen molar-refractivity contribution in [2.45, 2.75) is 64.4 Å². The van der Waals surface area contributed by atoms with Gasteiger partial charge in [-0.15, -0.1) is 0 Å². The number of hydrogen-bond donors (Lipinski definition) is 1. The van der Waals surface area contributed by atoms with Crippen molar-refractivity contribution in [3.63, 3.8) is 0 Å². The molecule has 43 heavy (non-hydrogen) atoms. The predicted octanol–water partition coefficient (Wildman–Crippen LogP) is 4.20. The van der Waals surface area contributed by atoms with E-state index in [-0.39, 0.29) is 35.2 Å². The van der Waals surface area contributed by atoms with E-state index in [1.54, 1.807) is 44.6 Å². The number of aryl methyl sites for hydroxylation is 1. The molecule has 2 heterocycles. The Balaban J connectivity index is 1.68. The summed E-state index contributed by atoms with van der Waals surface area (Å²) in [6, 6.07) is 15.8. The van der Waals surface area contributed by atoms with E-state index in [2.05, 4.69) is 11.6 Å². The highest BCUT2D eigenvalue weighted by Crippen LogP contribution is 2.28. The fraction of sp³-hybridized carbons (Fsp3) is 0.375. The molecule has 0 radical (unpaired) electrons. The molecule has 0 fully saturated rings. The van der Waals surface area contributed by atoms with Crippen LogP contribution in [0.4, 0.5) is 0 Å². The number of imidazole rings is 1. The van der Waals surface area contributed by atoms with Crippen molar-refractivity contribution in [3.05, 3.63) is 82.5 Å². The summed E-state index contributed by atoms with van der Waals surface area (Å²) < 4.78 is 31.7. The van der Waals surface area contributed by atoms with Gasteiger partial charge in [-0.1, -0.05) is 69.7 Å². The van der Waals surface area contributed by atoms with Crippen LogP contribution in [-0.2, 0) is 39.1 Å². The van der Waals surface area contributed by atoms with Gasteiger partial charge in [0.25, 0.3) is 15.6 Å². The van der Waals surface area contributed by atoms with E-state index >= 15 is 0 Å². The van der Waals surface area contributed by atoms with Crippen LogP contribution in [0.25, 0.3) is 22.2 Å². The van der Waals surface area contributed by atoms with Crippen molar-refractivity contribution in [2.24, 2.45) is 5.92 Å². The summed E-state index contributed by atoms with van der Waals surface area (Å²) in [5.74, 6) is 0.0904. The van der Waals surface area contributed by atoms with Gasteiger partial charge in [-0.25, -0.2) is 18.1 Å². The minimum absolute atomic E-state index is 0.0233. The number of pyridine rings is 1. The third kappa shape index (κ3) is 7.40. The molecule has 0 saturated carbocycles. The number of likely N-dealkylation sites (N-methyl/N-ethyl adjacent to an activating group) is 1. The zero-order valence-electron chi connectivity index (χ0n) is 25.3. The van der Waals surface area contributed by atoms with Crippen LogP contribution < -0.4 is 10.3 Å². The topological polar surface area (TPSA) is 123 Å². The van der Waals surface area contributed by atoms with Gasteiger partial charge in [0.1, 0.15) is 17.9 Å². The summed E-state index contributed by atoms with van der Waals surface area (Å²) in [6.45, 7) is 6.11. The van der Waals surface area contributed by atoms with E-state index in [4.69, 9.17) is 4.98 Å². The SMILES string of the molecule is CCCCc1nc2ccn(CC(=O)N(C)C)c(=O)c2n1Cc1ccc(-c2ccccc2S(=O)(=O)NC(=O)CC(C)C)cc1. The second-order valence-corrected chi connectivity index (χ2v) is 13.0. The number of carbonyl (C=O) groups excluding carboxylic acids is 2. The maximum absolute atomic E-state index is 13.5. The molecular formula is C32H39N5O5S. The molecular weight excluding hydrogens is 566 g/mol. The second-order valence-electron chi connectivity index (χ2n) is 11.3. The van der Waals surface area contributed by atoms with E-state index in [9.17, 15) is 22.8 Å². The summed E-state index contributed by atoms with van der Waals surface area (Å²) in [5.41, 5.74) is 2.79. The number of rotatable bonds is 12. The molecule has 0 aliphatic heterocycles. The van der Waals surface area contributed by atoms with E-state index in [0.29, 0.717) is 35.1 Å². The highest BCUT2D eigenvalue weighted by atomic mass is 32.2. The molecule has 2 aromatic heterocycles. The molecule has 0 spiro atoms. The Kier molecular flexibility index (Phi) is 9.85. The summed E-state index contributed by atoms with van der Waals surface area (Å²) >= 11 is 0. The number of sulfonamides is 1. The number of hydrogen-bond acceptors (Lipinski definition) is 6. The Morgan fingerprint density at radius 2 is 1.72 bits per heavy atom. The zero-order chi connectivity index (χ0) is 31.3. The van der Waals surface area contributed by atoms with Gasteiger partial charge in [0.05, 0.1) is 10.4 Å². The second kappa shape index (κ2) is 13.4. The third-order valence-corrected chi connectivity index (χ3v) is 8.56. The molecule has 2 aromatic carbocycles. The number of amides is 2. The number of benzene rings is 2. The van der Waals surface area contributed by atoms with Crippen molar-refractivity contribution < 1.29 is 18.0 Å². The molecule has 2 amide bonds. The first kappa shape index (κ1) is 31.7. The lowest BCUT2D eigenvalue weighted by atomic mass is 10.0. The van der Waals surface area contributed by atoms with Crippen molar-refractivity contribution in [3.8, 4) is 11.1 Å². The predicted molar refractivity (Wildman–Crippen MR) is 167 cm³/mol. The number of aromatic nitrogens is 3. The number of nitrogens with zero attached hydrogens (tertiary/aromatic N) is 4. The van der Waals surface area contributed by atoms with Crippen molar-refractivity contribution in [2.75, 3.05) is 14.1 Å². The van der Waals surface area contributed by atoms with Crippen LogP contribution in [0.5, 0.6) is 0 Å². The molecule has 228 valence electrons. The Labute approximate surface area is 252 Å².